The maximum atomic E-state index is 13.2. The van der Waals surface area contributed by atoms with E-state index < -0.39 is 0 Å². The minimum Gasteiger partial charge on any atom is -0.341 e. The predicted molar refractivity (Wildman–Crippen MR) is 152 cm³/mol. The molecule has 2 aromatic heterocycles. The molecule has 2 amide bonds. The lowest BCUT2D eigenvalue weighted by Crippen LogP contribution is -2.24. The number of fused-ring (bicyclic) bond motifs is 3. The molecule has 1 atom stereocenters. The Kier molecular flexibility index (Phi) is 7.11. The molecule has 0 fully saturated rings. The van der Waals surface area contributed by atoms with Crippen LogP contribution in [-0.2, 0) is 11.3 Å². The minimum atomic E-state index is -0.263. The lowest BCUT2D eigenvalue weighted by molar-refractivity contribution is -0.115. The van der Waals surface area contributed by atoms with E-state index in [0.29, 0.717) is 17.0 Å². The molecule has 0 saturated carbocycles. The van der Waals surface area contributed by atoms with Gasteiger partial charge in [-0.3, -0.25) is 9.59 Å². The zero-order valence-electron chi connectivity index (χ0n) is 20.2. The van der Waals surface area contributed by atoms with Gasteiger partial charge in [0.25, 0.3) is 5.91 Å². The van der Waals surface area contributed by atoms with Crippen molar-refractivity contribution in [3.8, 4) is 0 Å². The molecule has 5 nitrogen and oxygen atoms in total. The zero-order valence-corrected chi connectivity index (χ0v) is 21.8. The summed E-state index contributed by atoms with van der Waals surface area (Å²) in [6.45, 7) is 5.04. The fourth-order valence-electron chi connectivity index (χ4n) is 4.43. The third-order valence-electron chi connectivity index (χ3n) is 6.13. The van der Waals surface area contributed by atoms with E-state index in [2.05, 4.69) is 52.5 Å². The number of carbonyl (C=O) groups excluding carboxylic acids is 2. The second-order valence-electron chi connectivity index (χ2n) is 8.46. The van der Waals surface area contributed by atoms with E-state index in [0.717, 1.165) is 22.5 Å². The highest BCUT2D eigenvalue weighted by atomic mass is 32.2. The normalized spacial score (nSPS) is 12.1. The number of hydrogen-bond donors (Lipinski definition) is 2. The third-order valence-corrected chi connectivity index (χ3v) is 8.36. The van der Waals surface area contributed by atoms with Gasteiger partial charge >= 0.3 is 0 Å². The molecule has 2 N–H and O–H groups in total. The standard InChI is InChI=1S/C29H27N3O2S2/c1-3-26(36-21-10-7-9-19(17-21)30-29(34)27-13-8-16-35-27)28(33)31-20-14-15-25-23(18-20)22-11-5-6-12-24(22)32(25)4-2/h5-18,26H,3-4H2,1-2H3,(H,30,34)(H,31,33). The first-order valence-corrected chi connectivity index (χ1v) is 13.8. The fraction of sp³-hybridized carbons (Fsp3) is 0.172. The Balaban J connectivity index is 1.32. The largest absolute Gasteiger partial charge is 0.341 e. The number of anilines is 2. The highest BCUT2D eigenvalue weighted by Crippen LogP contribution is 2.32. The minimum absolute atomic E-state index is 0.0332. The Labute approximate surface area is 218 Å². The van der Waals surface area contributed by atoms with Crippen molar-refractivity contribution in [3.63, 3.8) is 0 Å². The average molecular weight is 514 g/mol. The van der Waals surface area contributed by atoms with Crippen molar-refractivity contribution in [3.05, 3.63) is 89.1 Å². The number of aromatic nitrogens is 1. The highest BCUT2D eigenvalue weighted by molar-refractivity contribution is 8.00. The van der Waals surface area contributed by atoms with Crippen molar-refractivity contribution in [2.24, 2.45) is 0 Å². The van der Waals surface area contributed by atoms with Crippen molar-refractivity contribution in [1.82, 2.24) is 4.57 Å². The van der Waals surface area contributed by atoms with Crippen LogP contribution in [0.5, 0.6) is 0 Å². The first-order chi connectivity index (χ1) is 17.6. The molecule has 0 aliphatic heterocycles. The number of thiophene rings is 1. The van der Waals surface area contributed by atoms with Crippen LogP contribution in [0, 0.1) is 0 Å². The number of aryl methyl sites for hydroxylation is 1. The Morgan fingerprint density at radius 2 is 1.67 bits per heavy atom. The Bertz CT molecular complexity index is 1540. The molecule has 5 rings (SSSR count). The smallest absolute Gasteiger partial charge is 0.265 e. The lowest BCUT2D eigenvalue weighted by Gasteiger charge is -2.16. The van der Waals surface area contributed by atoms with Crippen molar-refractivity contribution >= 4 is 68.1 Å². The first kappa shape index (κ1) is 24.2. The summed E-state index contributed by atoms with van der Waals surface area (Å²) in [6.07, 6.45) is 0.680. The van der Waals surface area contributed by atoms with Crippen molar-refractivity contribution in [2.45, 2.75) is 37.0 Å². The van der Waals surface area contributed by atoms with Crippen molar-refractivity contribution in [1.29, 1.82) is 0 Å². The van der Waals surface area contributed by atoms with E-state index >= 15 is 0 Å². The van der Waals surface area contributed by atoms with Crippen LogP contribution in [0.1, 0.15) is 29.9 Å². The molecule has 0 aliphatic rings. The van der Waals surface area contributed by atoms with Gasteiger partial charge in [0.05, 0.1) is 10.1 Å². The maximum Gasteiger partial charge on any atom is 0.265 e. The van der Waals surface area contributed by atoms with E-state index in [1.165, 1.54) is 39.5 Å². The van der Waals surface area contributed by atoms with Crippen LogP contribution < -0.4 is 10.6 Å². The second-order valence-corrected chi connectivity index (χ2v) is 10.7. The van der Waals surface area contributed by atoms with Crippen LogP contribution in [0.4, 0.5) is 11.4 Å². The summed E-state index contributed by atoms with van der Waals surface area (Å²) in [5.74, 6) is -0.161. The van der Waals surface area contributed by atoms with Gasteiger partial charge in [0.2, 0.25) is 5.91 Å². The van der Waals surface area contributed by atoms with Gasteiger partial charge in [0, 0.05) is 44.6 Å². The van der Waals surface area contributed by atoms with Gasteiger partial charge in [-0.1, -0.05) is 37.3 Å². The second kappa shape index (κ2) is 10.6. The van der Waals surface area contributed by atoms with Crippen molar-refractivity contribution in [2.75, 3.05) is 10.6 Å². The highest BCUT2D eigenvalue weighted by Gasteiger charge is 2.19. The van der Waals surface area contributed by atoms with Crippen LogP contribution in [0.25, 0.3) is 21.8 Å². The fourth-order valence-corrected chi connectivity index (χ4v) is 6.06. The van der Waals surface area contributed by atoms with E-state index in [1.54, 1.807) is 6.07 Å². The maximum absolute atomic E-state index is 13.2. The number of para-hydroxylation sites is 1. The van der Waals surface area contributed by atoms with Gasteiger partial charge in [-0.2, -0.15) is 0 Å². The van der Waals surface area contributed by atoms with Gasteiger partial charge < -0.3 is 15.2 Å². The van der Waals surface area contributed by atoms with Crippen LogP contribution in [-0.4, -0.2) is 21.6 Å². The summed E-state index contributed by atoms with van der Waals surface area (Å²) >= 11 is 2.91. The van der Waals surface area contributed by atoms with Gasteiger partial charge in [0.1, 0.15) is 0 Å². The summed E-state index contributed by atoms with van der Waals surface area (Å²) in [5.41, 5.74) is 3.87. The lowest BCUT2D eigenvalue weighted by atomic mass is 10.1. The number of nitrogens with one attached hydrogen (secondary N) is 2. The predicted octanol–water partition coefficient (Wildman–Crippen LogP) is 7.64. The Morgan fingerprint density at radius 1 is 0.861 bits per heavy atom. The van der Waals surface area contributed by atoms with Gasteiger partial charge in [-0.15, -0.1) is 23.1 Å². The van der Waals surface area contributed by atoms with E-state index in [9.17, 15) is 9.59 Å². The number of hydrogen-bond acceptors (Lipinski definition) is 4. The molecular formula is C29H27N3O2S2. The molecule has 0 radical (unpaired) electrons. The van der Waals surface area contributed by atoms with Crippen LogP contribution in [0.15, 0.2) is 89.1 Å². The van der Waals surface area contributed by atoms with Crippen LogP contribution in [0.2, 0.25) is 0 Å². The monoisotopic (exact) mass is 513 g/mol. The number of benzene rings is 3. The quantitative estimate of drug-likeness (QED) is 0.210. The molecule has 0 bridgehead atoms. The molecule has 1 unspecified atom stereocenters. The first-order valence-electron chi connectivity index (χ1n) is 12.0. The van der Waals surface area contributed by atoms with E-state index in [-0.39, 0.29) is 17.1 Å². The van der Waals surface area contributed by atoms with E-state index in [1.807, 2.05) is 54.8 Å². The molecule has 0 aliphatic carbocycles. The summed E-state index contributed by atoms with van der Waals surface area (Å²) in [5, 5.41) is 10.0. The SMILES string of the molecule is CCC(Sc1cccc(NC(=O)c2cccs2)c1)C(=O)Nc1ccc2c(c1)c1ccccc1n2CC. The zero-order chi connectivity index (χ0) is 25.1. The van der Waals surface area contributed by atoms with Gasteiger partial charge in [-0.25, -0.2) is 0 Å². The molecule has 7 heteroatoms. The number of rotatable bonds is 8. The van der Waals surface area contributed by atoms with Gasteiger partial charge in [0.15, 0.2) is 0 Å². The topological polar surface area (TPSA) is 63.1 Å². The molecular weight excluding hydrogens is 486 g/mol. The summed E-state index contributed by atoms with van der Waals surface area (Å²) in [4.78, 5) is 27.2. The van der Waals surface area contributed by atoms with Gasteiger partial charge in [-0.05, 0) is 67.3 Å². The summed E-state index contributed by atoms with van der Waals surface area (Å²) in [7, 11) is 0. The molecule has 0 spiro atoms. The van der Waals surface area contributed by atoms with Crippen LogP contribution >= 0.6 is 23.1 Å². The average Bonchev–Trinajstić information content (AvgIpc) is 3.54. The summed E-state index contributed by atoms with van der Waals surface area (Å²) < 4.78 is 2.30. The number of carbonyl (C=O) groups is 2. The van der Waals surface area contributed by atoms with Crippen molar-refractivity contribution < 1.29 is 9.59 Å². The van der Waals surface area contributed by atoms with E-state index in [4.69, 9.17) is 0 Å². The Morgan fingerprint density at radius 3 is 2.44 bits per heavy atom. The number of thioether (sulfide) groups is 1. The number of nitrogens with zero attached hydrogens (tertiary/aromatic N) is 1. The number of amides is 2. The summed E-state index contributed by atoms with van der Waals surface area (Å²) in [6, 6.07) is 25.8. The molecule has 5 aromatic rings. The molecule has 182 valence electrons. The molecule has 3 aromatic carbocycles. The molecule has 0 saturated heterocycles. The molecule has 2 heterocycles. The molecule has 36 heavy (non-hydrogen) atoms. The Hall–Kier alpha value is -3.55. The van der Waals surface area contributed by atoms with Crippen LogP contribution in [0.3, 0.4) is 0 Å². The third kappa shape index (κ3) is 4.90.